The first-order valence-electron chi connectivity index (χ1n) is 8.61. The molecule has 20 heavy (non-hydrogen) atoms. The van der Waals surface area contributed by atoms with Crippen molar-refractivity contribution in [3.05, 3.63) is 0 Å². The highest BCUT2D eigenvalue weighted by molar-refractivity contribution is 4.78. The molecule has 0 saturated heterocycles. The summed E-state index contributed by atoms with van der Waals surface area (Å²) in [7, 11) is 0. The van der Waals surface area contributed by atoms with Crippen molar-refractivity contribution in [3.8, 4) is 0 Å². The zero-order valence-electron chi connectivity index (χ0n) is 13.9. The summed E-state index contributed by atoms with van der Waals surface area (Å²) in [5, 5.41) is 9.94. The number of nitrogens with zero attached hydrogens (tertiary/aromatic N) is 1. The van der Waals surface area contributed by atoms with Gasteiger partial charge in [-0.25, -0.2) is 0 Å². The second-order valence-electron chi connectivity index (χ2n) is 7.31. The first kappa shape index (κ1) is 17.9. The molecule has 3 heteroatoms. The summed E-state index contributed by atoms with van der Waals surface area (Å²) < 4.78 is 0. The van der Waals surface area contributed by atoms with E-state index in [0.717, 1.165) is 24.8 Å². The molecule has 1 unspecified atom stereocenters. The average molecular weight is 284 g/mol. The molecule has 1 atom stereocenters. The molecule has 1 aliphatic rings. The summed E-state index contributed by atoms with van der Waals surface area (Å²) in [6.45, 7) is 9.28. The van der Waals surface area contributed by atoms with Crippen molar-refractivity contribution < 1.29 is 5.11 Å². The highest BCUT2D eigenvalue weighted by Gasteiger charge is 2.22. The molecule has 0 amide bonds. The minimum atomic E-state index is -0.671. The topological polar surface area (TPSA) is 49.5 Å². The van der Waals surface area contributed by atoms with Gasteiger partial charge in [-0.3, -0.25) is 0 Å². The van der Waals surface area contributed by atoms with E-state index < -0.39 is 5.60 Å². The van der Waals surface area contributed by atoms with Gasteiger partial charge in [0.15, 0.2) is 0 Å². The summed E-state index contributed by atoms with van der Waals surface area (Å²) in [6.07, 6.45) is 9.98. The number of rotatable bonds is 10. The quantitative estimate of drug-likeness (QED) is 0.606. The summed E-state index contributed by atoms with van der Waals surface area (Å²) in [5.74, 6) is 0.789. The minimum Gasteiger partial charge on any atom is -0.389 e. The standard InChI is InChI=1S/C17H36N2O/c1-15(2)10-13-19(16-8-4-5-9-16)12-7-6-11-17(3,20)14-18/h15-16,20H,4-14,18H2,1-3H3. The van der Waals surface area contributed by atoms with Crippen LogP contribution in [0.3, 0.4) is 0 Å². The second kappa shape index (κ2) is 9.01. The lowest BCUT2D eigenvalue weighted by atomic mass is 9.99. The van der Waals surface area contributed by atoms with Crippen molar-refractivity contribution in [2.75, 3.05) is 19.6 Å². The van der Waals surface area contributed by atoms with Crippen molar-refractivity contribution in [1.29, 1.82) is 0 Å². The van der Waals surface area contributed by atoms with E-state index in [-0.39, 0.29) is 0 Å². The number of nitrogens with two attached hydrogens (primary N) is 1. The largest absolute Gasteiger partial charge is 0.389 e. The Morgan fingerprint density at radius 1 is 1.20 bits per heavy atom. The lowest BCUT2D eigenvalue weighted by molar-refractivity contribution is 0.0557. The molecular formula is C17H36N2O. The monoisotopic (exact) mass is 284 g/mol. The third kappa shape index (κ3) is 7.05. The second-order valence-corrected chi connectivity index (χ2v) is 7.31. The molecule has 1 fully saturated rings. The van der Waals surface area contributed by atoms with Crippen LogP contribution >= 0.6 is 0 Å². The van der Waals surface area contributed by atoms with E-state index in [1.54, 1.807) is 0 Å². The predicted octanol–water partition coefficient (Wildman–Crippen LogP) is 3.16. The van der Waals surface area contributed by atoms with Gasteiger partial charge >= 0.3 is 0 Å². The van der Waals surface area contributed by atoms with E-state index in [1.807, 2.05) is 6.92 Å². The van der Waals surface area contributed by atoms with Gasteiger partial charge in [-0.15, -0.1) is 0 Å². The lowest BCUT2D eigenvalue weighted by Gasteiger charge is -2.30. The van der Waals surface area contributed by atoms with Gasteiger partial charge < -0.3 is 15.7 Å². The van der Waals surface area contributed by atoms with Crippen molar-refractivity contribution in [2.45, 2.75) is 83.8 Å². The summed E-state index contributed by atoms with van der Waals surface area (Å²) in [4.78, 5) is 2.71. The average Bonchev–Trinajstić information content (AvgIpc) is 2.91. The molecule has 0 aromatic rings. The zero-order valence-corrected chi connectivity index (χ0v) is 13.9. The minimum absolute atomic E-state index is 0.368. The van der Waals surface area contributed by atoms with Gasteiger partial charge in [0.05, 0.1) is 5.60 Å². The van der Waals surface area contributed by atoms with E-state index in [2.05, 4.69) is 18.7 Å². The van der Waals surface area contributed by atoms with Gasteiger partial charge in [-0.05, 0) is 64.5 Å². The van der Waals surface area contributed by atoms with Crippen LogP contribution in [-0.2, 0) is 0 Å². The summed E-state index contributed by atoms with van der Waals surface area (Å²) >= 11 is 0. The number of hydrogen-bond donors (Lipinski definition) is 2. The molecule has 1 aliphatic carbocycles. The molecule has 1 saturated carbocycles. The van der Waals surface area contributed by atoms with E-state index in [0.29, 0.717) is 6.54 Å². The van der Waals surface area contributed by atoms with Crippen LogP contribution in [0.2, 0.25) is 0 Å². The Hall–Kier alpha value is -0.120. The van der Waals surface area contributed by atoms with E-state index >= 15 is 0 Å². The number of unbranched alkanes of at least 4 members (excludes halogenated alkanes) is 1. The molecular weight excluding hydrogens is 248 g/mol. The maximum atomic E-state index is 9.94. The third-order valence-corrected chi connectivity index (χ3v) is 4.69. The molecule has 0 aromatic heterocycles. The van der Waals surface area contributed by atoms with Gasteiger partial charge in [0.25, 0.3) is 0 Å². The lowest BCUT2D eigenvalue weighted by Crippen LogP contribution is -2.36. The third-order valence-electron chi connectivity index (χ3n) is 4.69. The van der Waals surface area contributed by atoms with Gasteiger partial charge in [0.1, 0.15) is 0 Å². The van der Waals surface area contributed by atoms with Gasteiger partial charge in [-0.1, -0.05) is 26.7 Å². The van der Waals surface area contributed by atoms with Crippen molar-refractivity contribution >= 4 is 0 Å². The smallest absolute Gasteiger partial charge is 0.0741 e. The Balaban J connectivity index is 2.28. The Morgan fingerprint density at radius 3 is 2.40 bits per heavy atom. The van der Waals surface area contributed by atoms with Gasteiger partial charge in [0.2, 0.25) is 0 Å². The van der Waals surface area contributed by atoms with E-state index in [1.165, 1.54) is 51.6 Å². The van der Waals surface area contributed by atoms with Gasteiger partial charge in [0, 0.05) is 12.6 Å². The molecule has 0 heterocycles. The molecule has 120 valence electrons. The maximum Gasteiger partial charge on any atom is 0.0741 e. The van der Waals surface area contributed by atoms with Gasteiger partial charge in [-0.2, -0.15) is 0 Å². The van der Waals surface area contributed by atoms with Crippen molar-refractivity contribution in [1.82, 2.24) is 4.90 Å². The Kier molecular flexibility index (Phi) is 8.08. The molecule has 3 nitrogen and oxygen atoms in total. The zero-order chi connectivity index (χ0) is 15.0. The Morgan fingerprint density at radius 2 is 1.85 bits per heavy atom. The van der Waals surface area contributed by atoms with Crippen LogP contribution in [0, 0.1) is 5.92 Å². The Bertz CT molecular complexity index is 247. The van der Waals surface area contributed by atoms with Crippen LogP contribution in [-0.4, -0.2) is 41.3 Å². The summed E-state index contributed by atoms with van der Waals surface area (Å²) in [5.41, 5.74) is 4.90. The Labute approximate surface area is 125 Å². The number of hydrogen-bond acceptors (Lipinski definition) is 3. The molecule has 0 aromatic carbocycles. The SMILES string of the molecule is CC(C)CCN(CCCCC(C)(O)CN)C1CCCC1. The fraction of sp³-hybridized carbons (Fsp3) is 1.00. The molecule has 3 N–H and O–H groups in total. The fourth-order valence-corrected chi connectivity index (χ4v) is 3.09. The first-order chi connectivity index (χ1) is 9.44. The molecule has 0 radical (unpaired) electrons. The first-order valence-corrected chi connectivity index (χ1v) is 8.61. The van der Waals surface area contributed by atoms with Crippen LogP contribution in [0.1, 0.15) is 72.1 Å². The highest BCUT2D eigenvalue weighted by Crippen LogP contribution is 2.25. The maximum absolute atomic E-state index is 9.94. The molecule has 0 bridgehead atoms. The van der Waals surface area contributed by atoms with Crippen LogP contribution in [0.25, 0.3) is 0 Å². The van der Waals surface area contributed by atoms with E-state index in [9.17, 15) is 5.11 Å². The molecule has 0 aliphatic heterocycles. The van der Waals surface area contributed by atoms with Crippen molar-refractivity contribution in [3.63, 3.8) is 0 Å². The molecule has 0 spiro atoms. The van der Waals surface area contributed by atoms with Crippen LogP contribution in [0.4, 0.5) is 0 Å². The van der Waals surface area contributed by atoms with Crippen molar-refractivity contribution in [2.24, 2.45) is 11.7 Å². The van der Waals surface area contributed by atoms with Crippen LogP contribution in [0.5, 0.6) is 0 Å². The summed E-state index contributed by atoms with van der Waals surface area (Å²) in [6, 6.07) is 0.823. The van der Waals surface area contributed by atoms with E-state index in [4.69, 9.17) is 5.73 Å². The normalized spacial score (nSPS) is 19.9. The van der Waals surface area contributed by atoms with Crippen LogP contribution in [0.15, 0.2) is 0 Å². The molecule has 1 rings (SSSR count). The predicted molar refractivity (Wildman–Crippen MR) is 86.8 cm³/mol. The highest BCUT2D eigenvalue weighted by atomic mass is 16.3. The van der Waals surface area contributed by atoms with Crippen LogP contribution < -0.4 is 5.73 Å². The fourth-order valence-electron chi connectivity index (χ4n) is 3.09. The number of aliphatic hydroxyl groups is 1.